The summed E-state index contributed by atoms with van der Waals surface area (Å²) in [6.45, 7) is 2.03. The van der Waals surface area contributed by atoms with Crippen LogP contribution in [0.1, 0.15) is 28.4 Å². The summed E-state index contributed by atoms with van der Waals surface area (Å²) in [5.41, 5.74) is 1.21. The van der Waals surface area contributed by atoms with Crippen LogP contribution in [0.4, 0.5) is 13.2 Å². The molecule has 2 heterocycles. The molecule has 2 aromatic heterocycles. The van der Waals surface area contributed by atoms with Crippen LogP contribution >= 0.6 is 11.8 Å². The highest BCUT2D eigenvalue weighted by Gasteiger charge is 2.31. The molecule has 3 aromatic rings. The quantitative estimate of drug-likeness (QED) is 0.500. The summed E-state index contributed by atoms with van der Waals surface area (Å²) in [5, 5.41) is 7.95. The standard InChI is InChI=1S/C17H14F3N3OS/c1-2-11-3-5-12(6-4-11)14(24)10-25-16-22-21-15-8-7-13(9-23(15)16)17(18,19)20/h3-9H,2,10H2,1H3. The van der Waals surface area contributed by atoms with E-state index >= 15 is 0 Å². The molecule has 1 aromatic carbocycles. The molecule has 0 unspecified atom stereocenters. The maximum atomic E-state index is 12.8. The first-order chi connectivity index (χ1) is 11.9. The van der Waals surface area contributed by atoms with Gasteiger partial charge in [0, 0.05) is 11.8 Å². The minimum atomic E-state index is -4.45. The Kier molecular flexibility index (Phi) is 4.80. The molecule has 0 saturated heterocycles. The molecule has 0 amide bonds. The third kappa shape index (κ3) is 3.84. The average molecular weight is 365 g/mol. The molecule has 0 atom stereocenters. The van der Waals surface area contributed by atoms with Gasteiger partial charge in [-0.3, -0.25) is 9.20 Å². The number of aromatic nitrogens is 3. The smallest absolute Gasteiger partial charge is 0.293 e. The third-order valence-corrected chi connectivity index (χ3v) is 4.66. The number of Topliss-reactive ketones (excluding diaryl/α,β-unsaturated/α-hetero) is 1. The Bertz CT molecular complexity index is 904. The van der Waals surface area contributed by atoms with Gasteiger partial charge in [0.15, 0.2) is 16.6 Å². The van der Waals surface area contributed by atoms with E-state index in [2.05, 4.69) is 10.2 Å². The number of benzene rings is 1. The van der Waals surface area contributed by atoms with Crippen molar-refractivity contribution < 1.29 is 18.0 Å². The number of hydrogen-bond donors (Lipinski definition) is 0. The van der Waals surface area contributed by atoms with Crippen molar-refractivity contribution in [3.05, 3.63) is 59.3 Å². The van der Waals surface area contributed by atoms with E-state index < -0.39 is 11.7 Å². The SMILES string of the molecule is CCc1ccc(C(=O)CSc2nnc3ccc(C(F)(F)F)cn23)cc1. The number of nitrogens with zero attached hydrogens (tertiary/aromatic N) is 3. The number of pyridine rings is 1. The molecule has 0 aliphatic rings. The Balaban J connectivity index is 1.77. The van der Waals surface area contributed by atoms with Crippen molar-refractivity contribution >= 4 is 23.2 Å². The van der Waals surface area contributed by atoms with E-state index in [1.165, 1.54) is 10.5 Å². The second-order valence-corrected chi connectivity index (χ2v) is 6.33. The lowest BCUT2D eigenvalue weighted by molar-refractivity contribution is -0.137. The van der Waals surface area contributed by atoms with E-state index in [9.17, 15) is 18.0 Å². The van der Waals surface area contributed by atoms with Gasteiger partial charge in [0.25, 0.3) is 0 Å². The van der Waals surface area contributed by atoms with Gasteiger partial charge in [-0.15, -0.1) is 10.2 Å². The molecule has 25 heavy (non-hydrogen) atoms. The van der Waals surface area contributed by atoms with Crippen LogP contribution in [0.3, 0.4) is 0 Å². The van der Waals surface area contributed by atoms with Crippen LogP contribution < -0.4 is 0 Å². The zero-order valence-corrected chi connectivity index (χ0v) is 14.1. The van der Waals surface area contributed by atoms with Gasteiger partial charge in [0.05, 0.1) is 11.3 Å². The van der Waals surface area contributed by atoms with Crippen molar-refractivity contribution in [3.63, 3.8) is 0 Å². The van der Waals surface area contributed by atoms with Gasteiger partial charge in [0.2, 0.25) is 0 Å². The molecule has 130 valence electrons. The predicted octanol–water partition coefficient (Wildman–Crippen LogP) is 4.29. The molecule has 0 saturated carbocycles. The Morgan fingerprint density at radius 1 is 1.12 bits per heavy atom. The molecule has 8 heteroatoms. The van der Waals surface area contributed by atoms with Crippen LogP contribution in [-0.2, 0) is 12.6 Å². The molecular weight excluding hydrogens is 351 g/mol. The number of fused-ring (bicyclic) bond motifs is 1. The van der Waals surface area contributed by atoms with Gasteiger partial charge in [-0.05, 0) is 24.1 Å². The fourth-order valence-corrected chi connectivity index (χ4v) is 3.09. The number of alkyl halides is 3. The van der Waals surface area contributed by atoms with E-state index in [0.29, 0.717) is 11.2 Å². The molecule has 0 spiro atoms. The largest absolute Gasteiger partial charge is 0.417 e. The summed E-state index contributed by atoms with van der Waals surface area (Å²) in [4.78, 5) is 12.2. The Labute approximate surface area is 146 Å². The summed E-state index contributed by atoms with van der Waals surface area (Å²) in [6.07, 6.45) is -2.62. The van der Waals surface area contributed by atoms with Crippen LogP contribution in [0.15, 0.2) is 47.8 Å². The van der Waals surface area contributed by atoms with E-state index in [-0.39, 0.29) is 16.7 Å². The summed E-state index contributed by atoms with van der Waals surface area (Å²) < 4.78 is 39.8. The predicted molar refractivity (Wildman–Crippen MR) is 88.9 cm³/mol. The highest BCUT2D eigenvalue weighted by atomic mass is 32.2. The van der Waals surface area contributed by atoms with E-state index in [0.717, 1.165) is 36.0 Å². The minimum absolute atomic E-state index is 0.0719. The number of thioether (sulfide) groups is 1. The van der Waals surface area contributed by atoms with Crippen LogP contribution in [0.25, 0.3) is 5.65 Å². The van der Waals surface area contributed by atoms with Crippen molar-refractivity contribution in [3.8, 4) is 0 Å². The molecule has 0 aliphatic carbocycles. The summed E-state index contributed by atoms with van der Waals surface area (Å²) in [7, 11) is 0. The number of rotatable bonds is 5. The van der Waals surface area contributed by atoms with Crippen LogP contribution in [0.5, 0.6) is 0 Å². The topological polar surface area (TPSA) is 47.3 Å². The Morgan fingerprint density at radius 3 is 2.48 bits per heavy atom. The highest BCUT2D eigenvalue weighted by molar-refractivity contribution is 7.99. The van der Waals surface area contributed by atoms with Gasteiger partial charge < -0.3 is 0 Å². The number of carbonyl (C=O) groups is 1. The van der Waals surface area contributed by atoms with Crippen LogP contribution in [0.2, 0.25) is 0 Å². The molecule has 0 aliphatic heterocycles. The van der Waals surface area contributed by atoms with Crippen molar-refractivity contribution in [1.29, 1.82) is 0 Å². The summed E-state index contributed by atoms with van der Waals surface area (Å²) >= 11 is 1.06. The molecule has 4 nitrogen and oxygen atoms in total. The van der Waals surface area contributed by atoms with Gasteiger partial charge in [0.1, 0.15) is 0 Å². The van der Waals surface area contributed by atoms with Gasteiger partial charge in [-0.2, -0.15) is 13.2 Å². The number of hydrogen-bond acceptors (Lipinski definition) is 4. The van der Waals surface area contributed by atoms with Gasteiger partial charge in [-0.1, -0.05) is 43.0 Å². The lowest BCUT2D eigenvalue weighted by Gasteiger charge is -2.07. The third-order valence-electron chi connectivity index (χ3n) is 3.71. The van der Waals surface area contributed by atoms with Gasteiger partial charge in [-0.25, -0.2) is 0 Å². The lowest BCUT2D eigenvalue weighted by atomic mass is 10.1. The molecule has 0 bridgehead atoms. The number of carbonyl (C=O) groups excluding carboxylic acids is 1. The zero-order chi connectivity index (χ0) is 18.0. The number of aryl methyl sites for hydroxylation is 1. The molecule has 0 N–H and O–H groups in total. The molecule has 0 radical (unpaired) electrons. The van der Waals surface area contributed by atoms with Crippen molar-refractivity contribution in [1.82, 2.24) is 14.6 Å². The maximum Gasteiger partial charge on any atom is 0.417 e. The fourth-order valence-electron chi connectivity index (χ4n) is 2.28. The molecular formula is C17H14F3N3OS. The fraction of sp³-hybridized carbons (Fsp3) is 0.235. The summed E-state index contributed by atoms with van der Waals surface area (Å²) in [6, 6.07) is 9.50. The average Bonchev–Trinajstić information content (AvgIpc) is 3.01. The zero-order valence-electron chi connectivity index (χ0n) is 13.2. The lowest BCUT2D eigenvalue weighted by Crippen LogP contribution is -2.07. The normalized spacial score (nSPS) is 11.8. The monoisotopic (exact) mass is 365 g/mol. The van der Waals surface area contributed by atoms with Crippen molar-refractivity contribution in [2.75, 3.05) is 5.75 Å². The van der Waals surface area contributed by atoms with Crippen molar-refractivity contribution in [2.24, 2.45) is 0 Å². The second kappa shape index (κ2) is 6.87. The number of halogens is 3. The maximum absolute atomic E-state index is 12.8. The summed E-state index contributed by atoms with van der Waals surface area (Å²) in [5.74, 6) is -0.0425. The van der Waals surface area contributed by atoms with E-state index in [4.69, 9.17) is 0 Å². The Hall–Kier alpha value is -2.35. The van der Waals surface area contributed by atoms with Crippen molar-refractivity contribution in [2.45, 2.75) is 24.7 Å². The second-order valence-electron chi connectivity index (χ2n) is 5.39. The Morgan fingerprint density at radius 2 is 1.84 bits per heavy atom. The molecule has 3 rings (SSSR count). The first-order valence-electron chi connectivity index (χ1n) is 7.55. The highest BCUT2D eigenvalue weighted by Crippen LogP contribution is 2.30. The van der Waals surface area contributed by atoms with E-state index in [1.54, 1.807) is 12.1 Å². The van der Waals surface area contributed by atoms with Crippen LogP contribution in [0, 0.1) is 0 Å². The minimum Gasteiger partial charge on any atom is -0.293 e. The number of ketones is 1. The first kappa shape index (κ1) is 17.5. The van der Waals surface area contributed by atoms with Crippen LogP contribution in [-0.4, -0.2) is 26.1 Å². The van der Waals surface area contributed by atoms with E-state index in [1.807, 2.05) is 19.1 Å². The molecule has 0 fully saturated rings. The first-order valence-corrected chi connectivity index (χ1v) is 8.54. The van der Waals surface area contributed by atoms with Gasteiger partial charge >= 0.3 is 6.18 Å².